The average Bonchev–Trinajstić information content (AvgIpc) is 3.24. The highest BCUT2D eigenvalue weighted by atomic mass is 32.2. The lowest BCUT2D eigenvalue weighted by atomic mass is 9.83. The second kappa shape index (κ2) is 8.72. The maximum absolute atomic E-state index is 13.2. The van der Waals surface area contributed by atoms with Crippen LogP contribution in [0.3, 0.4) is 0 Å². The number of benzene rings is 1. The van der Waals surface area contributed by atoms with Crippen LogP contribution in [-0.4, -0.2) is 30.5 Å². The molecule has 0 amide bonds. The molecular formula is C24H28N4O2S. The molecule has 4 rings (SSSR count). The van der Waals surface area contributed by atoms with E-state index in [4.69, 9.17) is 0 Å². The Bertz CT molecular complexity index is 1200. The van der Waals surface area contributed by atoms with E-state index in [9.17, 15) is 13.7 Å². The van der Waals surface area contributed by atoms with Gasteiger partial charge in [0.1, 0.15) is 6.07 Å². The minimum Gasteiger partial charge on any atom is -0.370 e. The molecule has 2 aromatic heterocycles. The van der Waals surface area contributed by atoms with Crippen molar-refractivity contribution in [3.8, 4) is 6.07 Å². The standard InChI is InChI=1S/C24H28N4O2S/c1-3-7-18-10-12-20(13-11-18)27(2)23-19(16-25)17-26-24-22(23)14-15-28(24)31(29,30)21-8-5-4-6-9-21/h4-6,8-9,14-15,17-18,20H,3,7,10-13H2,1-2H3. The van der Waals surface area contributed by atoms with Crippen LogP contribution in [0.1, 0.15) is 51.0 Å². The molecule has 0 saturated heterocycles. The van der Waals surface area contributed by atoms with Crippen LogP contribution in [-0.2, 0) is 10.0 Å². The largest absolute Gasteiger partial charge is 0.370 e. The van der Waals surface area contributed by atoms with Crippen LogP contribution in [0.25, 0.3) is 11.0 Å². The van der Waals surface area contributed by atoms with E-state index in [-0.39, 0.29) is 4.90 Å². The van der Waals surface area contributed by atoms with Gasteiger partial charge in [-0.25, -0.2) is 17.4 Å². The predicted octanol–water partition coefficient (Wildman–Crippen LogP) is 4.94. The van der Waals surface area contributed by atoms with E-state index in [0.29, 0.717) is 22.6 Å². The van der Waals surface area contributed by atoms with E-state index in [1.54, 1.807) is 36.4 Å². The molecular weight excluding hydrogens is 408 g/mol. The Kier molecular flexibility index (Phi) is 6.01. The summed E-state index contributed by atoms with van der Waals surface area (Å²) in [5.74, 6) is 0.791. The zero-order chi connectivity index (χ0) is 22.0. The molecule has 162 valence electrons. The van der Waals surface area contributed by atoms with Crippen LogP contribution in [0, 0.1) is 17.2 Å². The maximum atomic E-state index is 13.2. The van der Waals surface area contributed by atoms with Crippen molar-refractivity contribution in [1.29, 1.82) is 5.26 Å². The number of pyridine rings is 1. The lowest BCUT2D eigenvalue weighted by Crippen LogP contribution is -2.35. The number of anilines is 1. The highest BCUT2D eigenvalue weighted by molar-refractivity contribution is 7.90. The molecule has 6 nitrogen and oxygen atoms in total. The molecule has 2 heterocycles. The van der Waals surface area contributed by atoms with Crippen molar-refractivity contribution >= 4 is 26.7 Å². The maximum Gasteiger partial charge on any atom is 0.269 e. The molecule has 0 radical (unpaired) electrons. The number of nitrogens with zero attached hydrogens (tertiary/aromatic N) is 4. The lowest BCUT2D eigenvalue weighted by Gasteiger charge is -2.36. The summed E-state index contributed by atoms with van der Waals surface area (Å²) in [6.07, 6.45) is 10.1. The molecule has 0 atom stereocenters. The van der Waals surface area contributed by atoms with Gasteiger partial charge in [0.05, 0.1) is 16.1 Å². The minimum atomic E-state index is -3.77. The molecule has 7 heteroatoms. The molecule has 1 fully saturated rings. The van der Waals surface area contributed by atoms with Crippen molar-refractivity contribution in [1.82, 2.24) is 8.96 Å². The first kappa shape index (κ1) is 21.4. The van der Waals surface area contributed by atoms with Gasteiger partial charge in [0.25, 0.3) is 10.0 Å². The summed E-state index contributed by atoms with van der Waals surface area (Å²) >= 11 is 0. The van der Waals surface area contributed by atoms with Gasteiger partial charge in [-0.3, -0.25) is 0 Å². The topological polar surface area (TPSA) is 79.0 Å². The Hall–Kier alpha value is -2.85. The normalized spacial score (nSPS) is 19.3. The fraction of sp³-hybridized carbons (Fsp3) is 0.417. The fourth-order valence-corrected chi connectivity index (χ4v) is 6.15. The first-order chi connectivity index (χ1) is 15.0. The molecule has 0 N–H and O–H groups in total. The lowest BCUT2D eigenvalue weighted by molar-refractivity contribution is 0.304. The van der Waals surface area contributed by atoms with Gasteiger partial charge in [-0.1, -0.05) is 38.0 Å². The van der Waals surface area contributed by atoms with Gasteiger partial charge in [-0.05, 0) is 49.8 Å². The van der Waals surface area contributed by atoms with Crippen LogP contribution in [0.15, 0.2) is 53.7 Å². The summed E-state index contributed by atoms with van der Waals surface area (Å²) in [7, 11) is -1.75. The highest BCUT2D eigenvalue weighted by Gasteiger charge is 2.28. The van der Waals surface area contributed by atoms with Crippen LogP contribution >= 0.6 is 0 Å². The first-order valence-corrected chi connectivity index (χ1v) is 12.3. The van der Waals surface area contributed by atoms with Crippen LogP contribution in [0.4, 0.5) is 5.69 Å². The Morgan fingerprint density at radius 3 is 2.52 bits per heavy atom. The van der Waals surface area contributed by atoms with E-state index in [2.05, 4.69) is 22.9 Å². The van der Waals surface area contributed by atoms with E-state index < -0.39 is 10.0 Å². The van der Waals surface area contributed by atoms with Gasteiger partial charge in [0, 0.05) is 30.9 Å². The number of nitriles is 1. The molecule has 1 aliphatic carbocycles. The molecule has 0 aliphatic heterocycles. The summed E-state index contributed by atoms with van der Waals surface area (Å²) in [6, 6.07) is 12.7. The highest BCUT2D eigenvalue weighted by Crippen LogP contribution is 2.37. The van der Waals surface area contributed by atoms with Gasteiger partial charge in [0.15, 0.2) is 5.65 Å². The molecule has 0 unspecified atom stereocenters. The number of hydrogen-bond acceptors (Lipinski definition) is 5. The molecule has 1 aliphatic rings. The Morgan fingerprint density at radius 1 is 1.16 bits per heavy atom. The summed E-state index contributed by atoms with van der Waals surface area (Å²) in [4.78, 5) is 6.74. The van der Waals surface area contributed by atoms with Gasteiger partial charge in [-0.2, -0.15) is 5.26 Å². The van der Waals surface area contributed by atoms with Crippen LogP contribution in [0.5, 0.6) is 0 Å². The van der Waals surface area contributed by atoms with E-state index in [0.717, 1.165) is 24.4 Å². The van der Waals surface area contributed by atoms with Crippen molar-refractivity contribution in [3.05, 3.63) is 54.4 Å². The van der Waals surface area contributed by atoms with Crippen molar-refractivity contribution in [3.63, 3.8) is 0 Å². The molecule has 1 saturated carbocycles. The fourth-order valence-electron chi connectivity index (χ4n) is 4.82. The van der Waals surface area contributed by atoms with Gasteiger partial charge < -0.3 is 4.90 Å². The van der Waals surface area contributed by atoms with E-state index in [1.807, 2.05) is 7.05 Å². The third-order valence-electron chi connectivity index (χ3n) is 6.49. The third kappa shape index (κ3) is 3.92. The summed E-state index contributed by atoms with van der Waals surface area (Å²) in [6.45, 7) is 2.24. The minimum absolute atomic E-state index is 0.211. The molecule has 0 bridgehead atoms. The van der Waals surface area contributed by atoms with Crippen molar-refractivity contribution < 1.29 is 8.42 Å². The second-order valence-corrected chi connectivity index (χ2v) is 10.2. The number of hydrogen-bond donors (Lipinski definition) is 0. The second-order valence-electron chi connectivity index (χ2n) is 8.37. The zero-order valence-electron chi connectivity index (χ0n) is 18.0. The average molecular weight is 437 g/mol. The Morgan fingerprint density at radius 2 is 1.87 bits per heavy atom. The van der Waals surface area contributed by atoms with E-state index >= 15 is 0 Å². The summed E-state index contributed by atoms with van der Waals surface area (Å²) in [5.41, 5.74) is 1.60. The van der Waals surface area contributed by atoms with Gasteiger partial charge in [0.2, 0.25) is 0 Å². The predicted molar refractivity (Wildman–Crippen MR) is 123 cm³/mol. The van der Waals surface area contributed by atoms with Crippen molar-refractivity contribution in [2.24, 2.45) is 5.92 Å². The summed E-state index contributed by atoms with van der Waals surface area (Å²) < 4.78 is 27.6. The van der Waals surface area contributed by atoms with E-state index in [1.165, 1.54) is 42.0 Å². The third-order valence-corrected chi connectivity index (χ3v) is 8.17. The molecule has 3 aromatic rings. The Balaban J connectivity index is 1.74. The van der Waals surface area contributed by atoms with Crippen molar-refractivity contribution in [2.75, 3.05) is 11.9 Å². The molecule has 31 heavy (non-hydrogen) atoms. The smallest absolute Gasteiger partial charge is 0.269 e. The monoisotopic (exact) mass is 436 g/mol. The van der Waals surface area contributed by atoms with Gasteiger partial charge in [-0.15, -0.1) is 0 Å². The number of rotatable bonds is 6. The Labute approximate surface area is 184 Å². The first-order valence-electron chi connectivity index (χ1n) is 10.9. The van der Waals surface area contributed by atoms with Crippen LogP contribution in [0.2, 0.25) is 0 Å². The number of aromatic nitrogens is 2. The van der Waals surface area contributed by atoms with Crippen molar-refractivity contribution in [2.45, 2.75) is 56.4 Å². The van der Waals surface area contributed by atoms with Crippen LogP contribution < -0.4 is 4.90 Å². The molecule has 1 aromatic carbocycles. The SMILES string of the molecule is CCCC1CCC(N(C)c2c(C#N)cnc3c2ccn3S(=O)(=O)c2ccccc2)CC1. The number of fused-ring (bicyclic) bond motifs is 1. The zero-order valence-corrected chi connectivity index (χ0v) is 18.8. The quantitative estimate of drug-likeness (QED) is 0.547. The summed E-state index contributed by atoms with van der Waals surface area (Å²) in [5, 5.41) is 10.4. The molecule has 0 spiro atoms. The van der Waals surface area contributed by atoms with Gasteiger partial charge >= 0.3 is 0 Å².